The lowest BCUT2D eigenvalue weighted by atomic mass is 10.0. The van der Waals surface area contributed by atoms with Crippen LogP contribution < -0.4 is 0 Å². The molecule has 1 aromatic carbocycles. The van der Waals surface area contributed by atoms with E-state index < -0.39 is 0 Å². The van der Waals surface area contributed by atoms with E-state index in [-0.39, 0.29) is 0 Å². The number of rotatable bonds is 2. The van der Waals surface area contributed by atoms with Crippen molar-refractivity contribution in [2.75, 3.05) is 0 Å². The number of hydrogen-bond donors (Lipinski definition) is 1. The average molecular weight is 264 g/mol. The van der Waals surface area contributed by atoms with Gasteiger partial charge in [-0.15, -0.1) is 12.6 Å². The highest BCUT2D eigenvalue weighted by Crippen LogP contribution is 2.33. The second-order valence-electron chi connectivity index (χ2n) is 4.13. The van der Waals surface area contributed by atoms with E-state index in [1.807, 2.05) is 54.6 Å². The number of aromatic nitrogens is 2. The molecule has 0 fully saturated rings. The minimum atomic E-state index is 0.903. The second-order valence-corrected chi connectivity index (χ2v) is 4.58. The number of nitrogens with zero attached hydrogens (tertiary/aromatic N) is 2. The summed E-state index contributed by atoms with van der Waals surface area (Å²) in [4.78, 5) is 9.65. The molecular formula is C16H12N2S. The summed E-state index contributed by atoms with van der Waals surface area (Å²) in [7, 11) is 0. The normalized spacial score (nSPS) is 10.4. The van der Waals surface area contributed by atoms with Crippen LogP contribution in [0.2, 0.25) is 0 Å². The summed E-state index contributed by atoms with van der Waals surface area (Å²) in [5.41, 5.74) is 3.88. The largest absolute Gasteiger partial charge is 0.256 e. The van der Waals surface area contributed by atoms with Crippen LogP contribution in [0.5, 0.6) is 0 Å². The molecule has 0 bridgehead atoms. The number of hydrogen-bond acceptors (Lipinski definition) is 3. The molecule has 0 radical (unpaired) electrons. The number of pyridine rings is 2. The molecule has 0 N–H and O–H groups in total. The van der Waals surface area contributed by atoms with Crippen LogP contribution in [0.25, 0.3) is 22.5 Å². The van der Waals surface area contributed by atoms with E-state index in [1.165, 1.54) is 0 Å². The van der Waals surface area contributed by atoms with E-state index in [4.69, 9.17) is 0 Å². The van der Waals surface area contributed by atoms with Gasteiger partial charge in [0.2, 0.25) is 0 Å². The van der Waals surface area contributed by atoms with Crippen molar-refractivity contribution < 1.29 is 0 Å². The van der Waals surface area contributed by atoms with E-state index in [0.29, 0.717) is 0 Å². The summed E-state index contributed by atoms with van der Waals surface area (Å²) < 4.78 is 0. The fourth-order valence-corrected chi connectivity index (χ4v) is 2.38. The Kier molecular flexibility index (Phi) is 3.29. The SMILES string of the molecule is Sc1c(-c2ccccn2)cccc1-c1ccccn1. The predicted octanol–water partition coefficient (Wildman–Crippen LogP) is 4.10. The Hall–Kier alpha value is -2.13. The molecule has 0 spiro atoms. The quantitative estimate of drug-likeness (QED) is 0.705. The van der Waals surface area contributed by atoms with Crippen molar-refractivity contribution in [1.82, 2.24) is 9.97 Å². The van der Waals surface area contributed by atoms with Crippen molar-refractivity contribution in [2.45, 2.75) is 4.90 Å². The van der Waals surface area contributed by atoms with Crippen LogP contribution in [-0.4, -0.2) is 9.97 Å². The maximum atomic E-state index is 4.65. The van der Waals surface area contributed by atoms with E-state index in [1.54, 1.807) is 12.4 Å². The van der Waals surface area contributed by atoms with E-state index >= 15 is 0 Å². The van der Waals surface area contributed by atoms with Crippen molar-refractivity contribution in [2.24, 2.45) is 0 Å². The first kappa shape index (κ1) is 11.9. The molecule has 92 valence electrons. The van der Waals surface area contributed by atoms with Crippen molar-refractivity contribution in [3.63, 3.8) is 0 Å². The third-order valence-electron chi connectivity index (χ3n) is 2.92. The van der Waals surface area contributed by atoms with Crippen LogP contribution >= 0.6 is 12.6 Å². The van der Waals surface area contributed by atoms with Crippen LogP contribution in [0.4, 0.5) is 0 Å². The third kappa shape index (κ3) is 2.37. The van der Waals surface area contributed by atoms with Crippen LogP contribution in [-0.2, 0) is 0 Å². The Morgan fingerprint density at radius 2 is 1.16 bits per heavy atom. The lowest BCUT2D eigenvalue weighted by Gasteiger charge is -2.09. The highest BCUT2D eigenvalue weighted by molar-refractivity contribution is 7.80. The van der Waals surface area contributed by atoms with Crippen LogP contribution in [0, 0.1) is 0 Å². The van der Waals surface area contributed by atoms with Crippen molar-refractivity contribution in [1.29, 1.82) is 0 Å². The van der Waals surface area contributed by atoms with Gasteiger partial charge in [-0.05, 0) is 24.3 Å². The van der Waals surface area contributed by atoms with Gasteiger partial charge >= 0.3 is 0 Å². The maximum Gasteiger partial charge on any atom is 0.0713 e. The molecule has 2 nitrogen and oxygen atoms in total. The van der Waals surface area contributed by atoms with Crippen molar-refractivity contribution in [3.8, 4) is 22.5 Å². The van der Waals surface area contributed by atoms with Crippen LogP contribution in [0.15, 0.2) is 71.9 Å². The molecule has 0 unspecified atom stereocenters. The molecule has 3 heteroatoms. The van der Waals surface area contributed by atoms with Gasteiger partial charge in [-0.25, -0.2) is 0 Å². The number of benzene rings is 1. The van der Waals surface area contributed by atoms with Crippen LogP contribution in [0.1, 0.15) is 0 Å². The predicted molar refractivity (Wildman–Crippen MR) is 80.2 cm³/mol. The fourth-order valence-electron chi connectivity index (χ4n) is 2.00. The van der Waals surface area contributed by atoms with E-state index in [9.17, 15) is 0 Å². The van der Waals surface area contributed by atoms with Gasteiger partial charge < -0.3 is 0 Å². The summed E-state index contributed by atoms with van der Waals surface area (Å²) in [6.07, 6.45) is 3.58. The van der Waals surface area contributed by atoms with E-state index in [0.717, 1.165) is 27.4 Å². The van der Waals surface area contributed by atoms with Crippen LogP contribution in [0.3, 0.4) is 0 Å². The minimum absolute atomic E-state index is 0.903. The molecule has 0 saturated heterocycles. The lowest BCUT2D eigenvalue weighted by Crippen LogP contribution is -1.89. The molecule has 3 aromatic rings. The molecular weight excluding hydrogens is 252 g/mol. The standard InChI is InChI=1S/C16H12N2S/c19-16-12(14-8-1-3-10-17-14)6-5-7-13(16)15-9-2-4-11-18-15/h1-11,19H. The Bertz CT molecular complexity index is 624. The maximum absolute atomic E-state index is 4.65. The first-order chi connectivity index (χ1) is 9.36. The lowest BCUT2D eigenvalue weighted by molar-refractivity contribution is 1.27. The molecule has 19 heavy (non-hydrogen) atoms. The minimum Gasteiger partial charge on any atom is -0.256 e. The highest BCUT2D eigenvalue weighted by atomic mass is 32.1. The molecule has 0 saturated carbocycles. The smallest absolute Gasteiger partial charge is 0.0713 e. The van der Waals surface area contributed by atoms with Gasteiger partial charge in [0, 0.05) is 28.4 Å². The topological polar surface area (TPSA) is 25.8 Å². The van der Waals surface area contributed by atoms with Crippen molar-refractivity contribution in [3.05, 3.63) is 67.0 Å². The first-order valence-corrected chi connectivity index (χ1v) is 6.46. The number of thiol groups is 1. The molecule has 2 heterocycles. The zero-order chi connectivity index (χ0) is 13.1. The summed E-state index contributed by atoms with van der Waals surface area (Å²) in [5, 5.41) is 0. The summed E-state index contributed by atoms with van der Waals surface area (Å²) >= 11 is 4.65. The van der Waals surface area contributed by atoms with Gasteiger partial charge in [0.25, 0.3) is 0 Å². The molecule has 2 aromatic heterocycles. The highest BCUT2D eigenvalue weighted by Gasteiger charge is 2.09. The second kappa shape index (κ2) is 5.24. The van der Waals surface area contributed by atoms with Crippen molar-refractivity contribution >= 4 is 12.6 Å². The first-order valence-electron chi connectivity index (χ1n) is 6.01. The Labute approximate surface area is 117 Å². The third-order valence-corrected chi connectivity index (χ3v) is 3.40. The van der Waals surface area contributed by atoms with Gasteiger partial charge in [-0.3, -0.25) is 9.97 Å². The fraction of sp³-hybridized carbons (Fsp3) is 0. The molecule has 0 aliphatic carbocycles. The summed E-state index contributed by atoms with van der Waals surface area (Å²) in [6, 6.07) is 17.8. The molecule has 0 aliphatic rings. The molecule has 0 amide bonds. The Morgan fingerprint density at radius 3 is 1.58 bits per heavy atom. The van der Waals surface area contributed by atoms with Gasteiger partial charge in [-0.2, -0.15) is 0 Å². The Morgan fingerprint density at radius 1 is 0.632 bits per heavy atom. The van der Waals surface area contributed by atoms with Gasteiger partial charge in [-0.1, -0.05) is 30.3 Å². The average Bonchev–Trinajstić information content (AvgIpc) is 2.49. The summed E-state index contributed by atoms with van der Waals surface area (Å²) in [5.74, 6) is 0. The zero-order valence-electron chi connectivity index (χ0n) is 10.2. The van der Waals surface area contributed by atoms with Gasteiger partial charge in [0.1, 0.15) is 0 Å². The monoisotopic (exact) mass is 264 g/mol. The van der Waals surface area contributed by atoms with Gasteiger partial charge in [0.05, 0.1) is 11.4 Å². The summed E-state index contributed by atoms with van der Waals surface area (Å²) in [6.45, 7) is 0. The van der Waals surface area contributed by atoms with Gasteiger partial charge in [0.15, 0.2) is 0 Å². The molecule has 0 atom stereocenters. The molecule has 3 rings (SSSR count). The zero-order valence-corrected chi connectivity index (χ0v) is 11.1. The molecule has 0 aliphatic heterocycles. The van der Waals surface area contributed by atoms with E-state index in [2.05, 4.69) is 22.6 Å². The Balaban J connectivity index is 2.15.